The second kappa shape index (κ2) is 8.08. The molecule has 0 bridgehead atoms. The minimum atomic E-state index is -0.0108. The molecule has 1 amide bonds. The van der Waals surface area contributed by atoms with E-state index in [9.17, 15) is 4.79 Å². The van der Waals surface area contributed by atoms with E-state index in [0.717, 1.165) is 44.0 Å². The van der Waals surface area contributed by atoms with Gasteiger partial charge in [0, 0.05) is 37.6 Å². The van der Waals surface area contributed by atoms with Crippen LogP contribution < -0.4 is 5.32 Å². The Labute approximate surface area is 172 Å². The lowest BCUT2D eigenvalue weighted by Crippen LogP contribution is -2.38. The Morgan fingerprint density at radius 3 is 2.89 bits per heavy atom. The van der Waals surface area contributed by atoms with Crippen LogP contribution in [0.1, 0.15) is 74.3 Å². The third-order valence-corrected chi connectivity index (χ3v) is 6.95. The average molecular weight is 403 g/mol. The van der Waals surface area contributed by atoms with Crippen LogP contribution in [0.25, 0.3) is 5.52 Å². The Bertz CT molecular complexity index is 856. The van der Waals surface area contributed by atoms with Crippen molar-refractivity contribution < 1.29 is 9.53 Å². The molecule has 0 spiro atoms. The summed E-state index contributed by atoms with van der Waals surface area (Å²) in [6, 6.07) is 5.87. The van der Waals surface area contributed by atoms with Crippen molar-refractivity contribution >= 4 is 23.0 Å². The molecule has 1 aliphatic heterocycles. The smallest absolute Gasteiger partial charge is 0.253 e. The van der Waals surface area contributed by atoms with Gasteiger partial charge in [-0.05, 0) is 55.2 Å². The lowest BCUT2D eigenvalue weighted by Gasteiger charge is -2.37. The summed E-state index contributed by atoms with van der Waals surface area (Å²) in [5, 5.41) is 3.86. The van der Waals surface area contributed by atoms with Crippen LogP contribution in [0, 0.1) is 11.3 Å². The molecule has 2 atom stereocenters. The van der Waals surface area contributed by atoms with Crippen LogP contribution >= 0.6 is 11.6 Å². The van der Waals surface area contributed by atoms with Crippen molar-refractivity contribution in [3.8, 4) is 0 Å². The van der Waals surface area contributed by atoms with Crippen molar-refractivity contribution in [2.75, 3.05) is 19.8 Å². The van der Waals surface area contributed by atoms with Crippen molar-refractivity contribution in [2.24, 2.45) is 11.3 Å². The van der Waals surface area contributed by atoms with E-state index in [-0.39, 0.29) is 11.3 Å². The van der Waals surface area contributed by atoms with Gasteiger partial charge in [-0.3, -0.25) is 4.79 Å². The van der Waals surface area contributed by atoms with E-state index in [0.29, 0.717) is 16.5 Å². The Morgan fingerprint density at radius 1 is 1.36 bits per heavy atom. The minimum absolute atomic E-state index is 0.0108. The highest BCUT2D eigenvalue weighted by atomic mass is 35.5. The predicted molar refractivity (Wildman–Crippen MR) is 113 cm³/mol. The summed E-state index contributed by atoms with van der Waals surface area (Å²) >= 11 is 6.53. The SMILES string of the molecule is C[C@@H]1CCC[C@](C)(CNC(=O)c2cc(C3CCOCC3)n3cccc(Cl)c23)C1. The lowest BCUT2D eigenvalue weighted by molar-refractivity contribution is 0.0843. The standard InChI is InChI=1S/C23H31ClN2O2/c1-16-5-3-9-23(2,14-16)15-25-22(27)18-13-20(17-7-11-28-12-8-17)26-10-4-6-19(24)21(18)26/h4,6,10,13,16-17H,3,5,7-9,11-12,14-15H2,1-2H3,(H,25,27)/t16-,23+/m1/s1. The molecule has 28 heavy (non-hydrogen) atoms. The number of carbonyl (C=O) groups is 1. The van der Waals surface area contributed by atoms with Gasteiger partial charge in [0.2, 0.25) is 0 Å². The van der Waals surface area contributed by atoms with Crippen molar-refractivity contribution in [1.29, 1.82) is 0 Å². The summed E-state index contributed by atoms with van der Waals surface area (Å²) in [6.07, 6.45) is 8.90. The van der Waals surface area contributed by atoms with Gasteiger partial charge in [-0.2, -0.15) is 0 Å². The van der Waals surface area contributed by atoms with Gasteiger partial charge in [0.05, 0.1) is 16.1 Å². The van der Waals surface area contributed by atoms with Crippen molar-refractivity contribution in [2.45, 2.75) is 58.3 Å². The first-order chi connectivity index (χ1) is 13.5. The highest BCUT2D eigenvalue weighted by Crippen LogP contribution is 2.38. The van der Waals surface area contributed by atoms with Gasteiger partial charge in [-0.1, -0.05) is 38.3 Å². The largest absolute Gasteiger partial charge is 0.381 e. The summed E-state index contributed by atoms with van der Waals surface area (Å²) in [7, 11) is 0. The summed E-state index contributed by atoms with van der Waals surface area (Å²) < 4.78 is 7.63. The number of nitrogens with one attached hydrogen (secondary N) is 1. The number of pyridine rings is 1. The van der Waals surface area contributed by atoms with Crippen LogP contribution in [0.5, 0.6) is 0 Å². The maximum atomic E-state index is 13.2. The van der Waals surface area contributed by atoms with E-state index in [2.05, 4.69) is 29.6 Å². The van der Waals surface area contributed by atoms with E-state index >= 15 is 0 Å². The number of fused-ring (bicyclic) bond motifs is 1. The van der Waals surface area contributed by atoms with Gasteiger partial charge in [0.15, 0.2) is 0 Å². The van der Waals surface area contributed by atoms with Crippen LogP contribution in [0.2, 0.25) is 5.02 Å². The van der Waals surface area contributed by atoms with Crippen LogP contribution in [0.4, 0.5) is 0 Å². The first-order valence-corrected chi connectivity index (χ1v) is 11.0. The van der Waals surface area contributed by atoms with Gasteiger partial charge < -0.3 is 14.5 Å². The number of halogens is 1. The van der Waals surface area contributed by atoms with E-state index in [1.54, 1.807) is 0 Å². The van der Waals surface area contributed by atoms with E-state index in [1.807, 2.05) is 18.3 Å². The number of ether oxygens (including phenoxy) is 1. The number of aromatic nitrogens is 1. The second-order valence-electron chi connectivity index (χ2n) is 9.14. The van der Waals surface area contributed by atoms with E-state index in [4.69, 9.17) is 16.3 Å². The first-order valence-electron chi connectivity index (χ1n) is 10.6. The molecule has 0 radical (unpaired) electrons. The molecule has 1 saturated carbocycles. The van der Waals surface area contributed by atoms with Crippen LogP contribution in [-0.4, -0.2) is 30.1 Å². The Kier molecular flexibility index (Phi) is 5.71. The number of hydrogen-bond donors (Lipinski definition) is 1. The molecule has 2 aromatic heterocycles. The summed E-state index contributed by atoms with van der Waals surface area (Å²) in [5.74, 6) is 1.13. The molecule has 5 heteroatoms. The summed E-state index contributed by atoms with van der Waals surface area (Å²) in [5.41, 5.74) is 2.88. The highest BCUT2D eigenvalue weighted by molar-refractivity contribution is 6.34. The molecule has 0 aromatic carbocycles. The van der Waals surface area contributed by atoms with Crippen LogP contribution in [0.3, 0.4) is 0 Å². The lowest BCUT2D eigenvalue weighted by atomic mass is 9.71. The molecule has 2 fully saturated rings. The molecule has 1 N–H and O–H groups in total. The number of nitrogens with zero attached hydrogens (tertiary/aromatic N) is 1. The van der Waals surface area contributed by atoms with Gasteiger partial charge in [0.1, 0.15) is 0 Å². The Morgan fingerprint density at radius 2 is 2.14 bits per heavy atom. The zero-order valence-electron chi connectivity index (χ0n) is 17.0. The molecule has 4 rings (SSSR count). The molecule has 2 aromatic rings. The van der Waals surface area contributed by atoms with Crippen LogP contribution in [0.15, 0.2) is 24.4 Å². The number of hydrogen-bond acceptors (Lipinski definition) is 2. The van der Waals surface area contributed by atoms with Gasteiger partial charge in [0.25, 0.3) is 5.91 Å². The quantitative estimate of drug-likeness (QED) is 0.740. The molecule has 152 valence electrons. The van der Waals surface area contributed by atoms with Crippen LogP contribution in [-0.2, 0) is 4.74 Å². The Balaban J connectivity index is 1.59. The normalized spacial score (nSPS) is 26.5. The summed E-state index contributed by atoms with van der Waals surface area (Å²) in [6.45, 7) is 6.90. The average Bonchev–Trinajstić information content (AvgIpc) is 3.08. The van der Waals surface area contributed by atoms with Crippen molar-refractivity contribution in [3.63, 3.8) is 0 Å². The van der Waals surface area contributed by atoms with Gasteiger partial charge in [-0.15, -0.1) is 0 Å². The summed E-state index contributed by atoms with van der Waals surface area (Å²) in [4.78, 5) is 13.2. The number of rotatable bonds is 4. The van der Waals surface area contributed by atoms with Gasteiger partial charge >= 0.3 is 0 Å². The fourth-order valence-electron chi connectivity index (χ4n) is 5.19. The Hall–Kier alpha value is -1.52. The molecule has 2 aliphatic rings. The zero-order chi connectivity index (χ0) is 19.7. The fourth-order valence-corrected chi connectivity index (χ4v) is 5.46. The zero-order valence-corrected chi connectivity index (χ0v) is 17.7. The predicted octanol–water partition coefficient (Wildman–Crippen LogP) is 5.43. The molecule has 3 heterocycles. The maximum absolute atomic E-state index is 13.2. The number of amides is 1. The molecule has 1 aliphatic carbocycles. The second-order valence-corrected chi connectivity index (χ2v) is 9.55. The molecular weight excluding hydrogens is 372 g/mol. The molecule has 0 unspecified atom stereocenters. The van der Waals surface area contributed by atoms with Crippen molar-refractivity contribution in [3.05, 3.63) is 40.7 Å². The molecular formula is C23H31ClN2O2. The van der Waals surface area contributed by atoms with Crippen molar-refractivity contribution in [1.82, 2.24) is 9.72 Å². The highest BCUT2D eigenvalue weighted by Gasteiger charge is 2.31. The molecule has 4 nitrogen and oxygen atoms in total. The topological polar surface area (TPSA) is 42.7 Å². The van der Waals surface area contributed by atoms with Gasteiger partial charge in [-0.25, -0.2) is 0 Å². The number of carbonyl (C=O) groups excluding carboxylic acids is 1. The monoisotopic (exact) mass is 402 g/mol. The fraction of sp³-hybridized carbons (Fsp3) is 0.609. The third kappa shape index (κ3) is 3.95. The van der Waals surface area contributed by atoms with E-state index < -0.39 is 0 Å². The molecule has 1 saturated heterocycles. The third-order valence-electron chi connectivity index (χ3n) is 6.65. The van der Waals surface area contributed by atoms with E-state index in [1.165, 1.54) is 31.4 Å². The maximum Gasteiger partial charge on any atom is 0.253 e. The first kappa shape index (κ1) is 19.8. The minimum Gasteiger partial charge on any atom is -0.381 e.